The third kappa shape index (κ3) is 2.23. The number of benzene rings is 1. The minimum absolute atomic E-state index is 0.640. The average Bonchev–Trinajstić information content (AvgIpc) is 2.77. The first-order chi connectivity index (χ1) is 10.1. The maximum atomic E-state index is 6.26. The molecule has 0 unspecified atom stereocenters. The van der Waals surface area contributed by atoms with Gasteiger partial charge < -0.3 is 10.3 Å². The Hall–Kier alpha value is -2.14. The number of rotatable bonds is 3. The van der Waals surface area contributed by atoms with Gasteiger partial charge in [0.2, 0.25) is 0 Å². The molecule has 0 radical (unpaired) electrons. The smallest absolute Gasteiger partial charge is 0.132 e. The van der Waals surface area contributed by atoms with Crippen LogP contribution >= 0.6 is 15.9 Å². The van der Waals surface area contributed by atoms with Crippen LogP contribution in [0.4, 0.5) is 5.82 Å². The second-order valence-electron chi connectivity index (χ2n) is 4.79. The van der Waals surface area contributed by atoms with Crippen LogP contribution in [0.5, 0.6) is 0 Å². The van der Waals surface area contributed by atoms with E-state index in [9.17, 15) is 0 Å². The highest BCUT2D eigenvalue weighted by atomic mass is 79.9. The van der Waals surface area contributed by atoms with Crippen LogP contribution in [0.3, 0.4) is 0 Å². The summed E-state index contributed by atoms with van der Waals surface area (Å²) >= 11 is 3.56. The van der Waals surface area contributed by atoms with E-state index in [4.69, 9.17) is 5.73 Å². The van der Waals surface area contributed by atoms with Crippen LogP contribution < -0.4 is 5.73 Å². The third-order valence-corrected chi connectivity index (χ3v) is 4.17. The van der Waals surface area contributed by atoms with Gasteiger partial charge in [0, 0.05) is 28.2 Å². The zero-order valence-corrected chi connectivity index (χ0v) is 13.3. The summed E-state index contributed by atoms with van der Waals surface area (Å²) in [6, 6.07) is 7.94. The summed E-state index contributed by atoms with van der Waals surface area (Å²) in [6.07, 6.45) is 3.59. The predicted octanol–water partition coefficient (Wildman–Crippen LogP) is 3.94. The molecule has 4 nitrogen and oxygen atoms in total. The molecule has 0 bridgehead atoms. The highest BCUT2D eigenvalue weighted by Crippen LogP contribution is 2.34. The standard InChI is InChI=1S/C16H15BrN4/c1-3-9-21-10(2)20-15(16(21)18)12-6-7-13(17)11-5-4-8-19-14(11)12/h3-8H,1,9,18H2,2H3. The summed E-state index contributed by atoms with van der Waals surface area (Å²) < 4.78 is 2.95. The van der Waals surface area contributed by atoms with Crippen molar-refractivity contribution in [1.29, 1.82) is 0 Å². The number of aryl methyl sites for hydroxylation is 1. The lowest BCUT2D eigenvalue weighted by Gasteiger charge is -2.07. The Balaban J connectivity index is 2.29. The average molecular weight is 343 g/mol. The Bertz CT molecular complexity index is 836. The quantitative estimate of drug-likeness (QED) is 0.733. The molecule has 2 aromatic heterocycles. The minimum atomic E-state index is 0.640. The molecule has 0 saturated carbocycles. The van der Waals surface area contributed by atoms with Crippen LogP contribution in [0.1, 0.15) is 5.82 Å². The molecule has 0 aliphatic heterocycles. The fourth-order valence-electron chi connectivity index (χ4n) is 2.47. The van der Waals surface area contributed by atoms with Gasteiger partial charge in [0.05, 0.1) is 5.52 Å². The first-order valence-electron chi connectivity index (χ1n) is 6.60. The predicted molar refractivity (Wildman–Crippen MR) is 90.0 cm³/mol. The molecule has 0 saturated heterocycles. The topological polar surface area (TPSA) is 56.7 Å². The molecule has 2 N–H and O–H groups in total. The number of fused-ring (bicyclic) bond motifs is 1. The van der Waals surface area contributed by atoms with E-state index in [1.54, 1.807) is 6.20 Å². The van der Waals surface area contributed by atoms with Gasteiger partial charge in [-0.25, -0.2) is 4.98 Å². The summed E-state index contributed by atoms with van der Waals surface area (Å²) in [5.41, 5.74) is 8.87. The molecule has 0 aliphatic carbocycles. The van der Waals surface area contributed by atoms with Crippen LogP contribution in [0.25, 0.3) is 22.2 Å². The van der Waals surface area contributed by atoms with Crippen molar-refractivity contribution in [2.75, 3.05) is 5.73 Å². The number of imidazole rings is 1. The monoisotopic (exact) mass is 342 g/mol. The Labute approximate surface area is 131 Å². The van der Waals surface area contributed by atoms with Gasteiger partial charge in [-0.15, -0.1) is 6.58 Å². The lowest BCUT2D eigenvalue weighted by molar-refractivity contribution is 0.792. The molecule has 0 spiro atoms. The lowest BCUT2D eigenvalue weighted by Crippen LogP contribution is -2.03. The molecule has 2 heterocycles. The lowest BCUT2D eigenvalue weighted by atomic mass is 10.1. The third-order valence-electron chi connectivity index (χ3n) is 3.48. The van der Waals surface area contributed by atoms with Crippen LogP contribution in [0.2, 0.25) is 0 Å². The molecule has 0 aliphatic rings. The number of halogens is 1. The highest BCUT2D eigenvalue weighted by Gasteiger charge is 2.16. The van der Waals surface area contributed by atoms with Gasteiger partial charge in [-0.3, -0.25) is 4.98 Å². The van der Waals surface area contributed by atoms with Crippen molar-refractivity contribution in [2.24, 2.45) is 0 Å². The number of allylic oxidation sites excluding steroid dienone is 1. The van der Waals surface area contributed by atoms with E-state index in [1.807, 2.05) is 41.8 Å². The molecule has 0 fully saturated rings. The van der Waals surface area contributed by atoms with Gasteiger partial charge in [0.25, 0.3) is 0 Å². The summed E-state index contributed by atoms with van der Waals surface area (Å²) in [5, 5.41) is 1.05. The van der Waals surface area contributed by atoms with Gasteiger partial charge in [-0.1, -0.05) is 28.1 Å². The summed E-state index contributed by atoms with van der Waals surface area (Å²) in [6.45, 7) is 6.35. The van der Waals surface area contributed by atoms with Crippen LogP contribution in [-0.2, 0) is 6.54 Å². The largest absolute Gasteiger partial charge is 0.383 e. The van der Waals surface area contributed by atoms with Crippen molar-refractivity contribution in [3.63, 3.8) is 0 Å². The Morgan fingerprint density at radius 2 is 2.19 bits per heavy atom. The number of nitrogens with zero attached hydrogens (tertiary/aromatic N) is 3. The first kappa shape index (κ1) is 13.8. The van der Waals surface area contributed by atoms with E-state index in [-0.39, 0.29) is 0 Å². The van der Waals surface area contributed by atoms with E-state index < -0.39 is 0 Å². The zero-order chi connectivity index (χ0) is 15.0. The molecule has 0 atom stereocenters. The first-order valence-corrected chi connectivity index (χ1v) is 7.40. The normalized spacial score (nSPS) is 11.0. The van der Waals surface area contributed by atoms with Crippen LogP contribution in [0.15, 0.2) is 47.6 Å². The molecule has 106 valence electrons. The molecular weight excluding hydrogens is 328 g/mol. The maximum Gasteiger partial charge on any atom is 0.132 e. The number of aromatic nitrogens is 3. The number of hydrogen-bond acceptors (Lipinski definition) is 3. The van der Waals surface area contributed by atoms with Gasteiger partial charge in [-0.2, -0.15) is 0 Å². The van der Waals surface area contributed by atoms with Gasteiger partial charge in [0.15, 0.2) is 0 Å². The summed E-state index contributed by atoms with van der Waals surface area (Å²) in [5.74, 6) is 1.51. The van der Waals surface area contributed by atoms with Crippen LogP contribution in [0, 0.1) is 6.92 Å². The molecule has 3 rings (SSSR count). The number of nitrogens with two attached hydrogens (primary N) is 1. The fourth-order valence-corrected chi connectivity index (χ4v) is 2.92. The van der Waals surface area contributed by atoms with Crippen LogP contribution in [-0.4, -0.2) is 14.5 Å². The highest BCUT2D eigenvalue weighted by molar-refractivity contribution is 9.10. The molecular formula is C16H15BrN4. The van der Waals surface area contributed by atoms with Crippen molar-refractivity contribution in [3.8, 4) is 11.3 Å². The number of anilines is 1. The number of hydrogen-bond donors (Lipinski definition) is 1. The van der Waals surface area contributed by atoms with E-state index >= 15 is 0 Å². The minimum Gasteiger partial charge on any atom is -0.383 e. The van der Waals surface area contributed by atoms with Crippen molar-refractivity contribution in [1.82, 2.24) is 14.5 Å². The van der Waals surface area contributed by atoms with E-state index in [2.05, 4.69) is 32.5 Å². The SMILES string of the molecule is C=CCn1c(C)nc(-c2ccc(Br)c3cccnc23)c1N. The summed E-state index contributed by atoms with van der Waals surface area (Å²) in [7, 11) is 0. The van der Waals surface area contributed by atoms with Crippen molar-refractivity contribution >= 4 is 32.7 Å². The molecule has 5 heteroatoms. The number of nitrogen functional groups attached to an aromatic ring is 1. The maximum absolute atomic E-state index is 6.26. The second-order valence-corrected chi connectivity index (χ2v) is 5.64. The Morgan fingerprint density at radius 1 is 1.38 bits per heavy atom. The zero-order valence-electron chi connectivity index (χ0n) is 11.7. The van der Waals surface area contributed by atoms with Gasteiger partial charge in [0.1, 0.15) is 17.3 Å². The summed E-state index contributed by atoms with van der Waals surface area (Å²) in [4.78, 5) is 9.10. The Kier molecular flexibility index (Phi) is 3.51. The molecule has 0 amide bonds. The van der Waals surface area contributed by atoms with E-state index in [0.717, 1.165) is 32.5 Å². The molecule has 1 aromatic carbocycles. The van der Waals surface area contributed by atoms with Crippen molar-refractivity contribution < 1.29 is 0 Å². The second kappa shape index (κ2) is 5.33. The Morgan fingerprint density at radius 3 is 2.95 bits per heavy atom. The van der Waals surface area contributed by atoms with E-state index in [1.165, 1.54) is 0 Å². The fraction of sp³-hybridized carbons (Fsp3) is 0.125. The van der Waals surface area contributed by atoms with Gasteiger partial charge in [-0.05, 0) is 25.1 Å². The molecule has 21 heavy (non-hydrogen) atoms. The van der Waals surface area contributed by atoms with Crippen molar-refractivity contribution in [2.45, 2.75) is 13.5 Å². The molecule has 3 aromatic rings. The van der Waals surface area contributed by atoms with E-state index in [0.29, 0.717) is 12.4 Å². The number of pyridine rings is 1. The van der Waals surface area contributed by atoms with Crippen molar-refractivity contribution in [3.05, 3.63) is 53.4 Å². The van der Waals surface area contributed by atoms with Gasteiger partial charge >= 0.3 is 0 Å².